The topological polar surface area (TPSA) is 78.0 Å². The van der Waals surface area contributed by atoms with E-state index >= 15 is 0 Å². The average Bonchev–Trinajstić information content (AvgIpc) is 3.01. The molecular formula is C19H21N5O. The molecule has 0 fully saturated rings. The molecule has 1 aromatic heterocycles. The molecule has 3 N–H and O–H groups in total. The lowest BCUT2D eigenvalue weighted by Crippen LogP contribution is -2.28. The van der Waals surface area contributed by atoms with E-state index in [1.165, 1.54) is 11.1 Å². The fourth-order valence-electron chi connectivity index (χ4n) is 3.34. The van der Waals surface area contributed by atoms with Crippen LogP contribution in [0.1, 0.15) is 35.2 Å². The highest BCUT2D eigenvalue weighted by atomic mass is 16.5. The second-order valence-electron chi connectivity index (χ2n) is 6.37. The molecular weight excluding hydrogens is 314 g/mol. The standard InChI is InChI=1S/C19H21N5O/c1-12-6-8-13(9-7-12)16-11-17(14-4-3-5-15(10-14)25-2)24-19(21-16)22-18(20)23-24/h3-10,16-17H,11H2,1-2H3,(H3,20,21,22,23)/t16-,17+/m1/s1. The zero-order valence-corrected chi connectivity index (χ0v) is 14.3. The summed E-state index contributed by atoms with van der Waals surface area (Å²) in [6, 6.07) is 16.8. The Morgan fingerprint density at radius 1 is 1.16 bits per heavy atom. The Kier molecular flexibility index (Phi) is 3.80. The second-order valence-corrected chi connectivity index (χ2v) is 6.37. The molecule has 2 aromatic carbocycles. The van der Waals surface area contributed by atoms with Crippen molar-refractivity contribution in [3.8, 4) is 5.75 Å². The summed E-state index contributed by atoms with van der Waals surface area (Å²) in [7, 11) is 1.68. The van der Waals surface area contributed by atoms with Gasteiger partial charge in [0, 0.05) is 0 Å². The molecule has 0 bridgehead atoms. The van der Waals surface area contributed by atoms with E-state index in [4.69, 9.17) is 10.5 Å². The quantitative estimate of drug-likeness (QED) is 0.768. The van der Waals surface area contributed by atoms with Gasteiger partial charge in [-0.1, -0.05) is 42.0 Å². The smallest absolute Gasteiger partial charge is 0.241 e. The van der Waals surface area contributed by atoms with E-state index in [2.05, 4.69) is 52.7 Å². The van der Waals surface area contributed by atoms with Crippen LogP contribution < -0.4 is 15.8 Å². The van der Waals surface area contributed by atoms with Crippen molar-refractivity contribution in [1.29, 1.82) is 0 Å². The van der Waals surface area contributed by atoms with Gasteiger partial charge in [0.05, 0.1) is 19.2 Å². The van der Waals surface area contributed by atoms with Gasteiger partial charge < -0.3 is 15.8 Å². The Morgan fingerprint density at radius 2 is 1.96 bits per heavy atom. The van der Waals surface area contributed by atoms with Crippen molar-refractivity contribution in [2.24, 2.45) is 0 Å². The maximum atomic E-state index is 5.85. The SMILES string of the molecule is COc1cccc([C@@H]2C[C@H](c3ccc(C)cc3)Nc3nc(N)nn32)c1. The Bertz CT molecular complexity index is 887. The minimum absolute atomic E-state index is 0.0439. The van der Waals surface area contributed by atoms with Gasteiger partial charge >= 0.3 is 0 Å². The predicted molar refractivity (Wildman–Crippen MR) is 97.7 cm³/mol. The number of benzene rings is 2. The van der Waals surface area contributed by atoms with Gasteiger partial charge in [-0.2, -0.15) is 4.98 Å². The highest BCUT2D eigenvalue weighted by Gasteiger charge is 2.31. The van der Waals surface area contributed by atoms with Crippen LogP contribution >= 0.6 is 0 Å². The summed E-state index contributed by atoms with van der Waals surface area (Å²) in [4.78, 5) is 4.35. The number of nitrogen functional groups attached to an aromatic ring is 1. The molecule has 0 unspecified atom stereocenters. The summed E-state index contributed by atoms with van der Waals surface area (Å²) < 4.78 is 7.25. The van der Waals surface area contributed by atoms with Gasteiger partial charge in [0.2, 0.25) is 11.9 Å². The molecule has 0 saturated heterocycles. The number of ether oxygens (including phenoxy) is 1. The molecule has 2 heterocycles. The van der Waals surface area contributed by atoms with Crippen LogP contribution in [0, 0.1) is 6.92 Å². The summed E-state index contributed by atoms with van der Waals surface area (Å²) in [6.45, 7) is 2.09. The van der Waals surface area contributed by atoms with E-state index in [-0.39, 0.29) is 18.0 Å². The highest BCUT2D eigenvalue weighted by molar-refractivity contribution is 5.43. The normalized spacial score (nSPS) is 19.1. The lowest BCUT2D eigenvalue weighted by Gasteiger charge is -2.31. The number of anilines is 2. The van der Waals surface area contributed by atoms with Crippen molar-refractivity contribution >= 4 is 11.9 Å². The molecule has 0 radical (unpaired) electrons. The van der Waals surface area contributed by atoms with E-state index in [0.29, 0.717) is 5.95 Å². The molecule has 25 heavy (non-hydrogen) atoms. The fraction of sp³-hybridized carbons (Fsp3) is 0.263. The number of methoxy groups -OCH3 is 1. The molecule has 128 valence electrons. The lowest BCUT2D eigenvalue weighted by atomic mass is 9.93. The van der Waals surface area contributed by atoms with Gasteiger partial charge in [-0.25, -0.2) is 4.68 Å². The maximum absolute atomic E-state index is 5.85. The number of aromatic nitrogens is 3. The summed E-state index contributed by atoms with van der Waals surface area (Å²) in [6.07, 6.45) is 0.853. The van der Waals surface area contributed by atoms with Gasteiger partial charge in [0.15, 0.2) is 0 Å². The zero-order chi connectivity index (χ0) is 17.4. The number of hydrogen-bond acceptors (Lipinski definition) is 5. The molecule has 0 amide bonds. The van der Waals surface area contributed by atoms with E-state index in [0.717, 1.165) is 17.7 Å². The van der Waals surface area contributed by atoms with Crippen LogP contribution in [0.2, 0.25) is 0 Å². The number of hydrogen-bond donors (Lipinski definition) is 2. The van der Waals surface area contributed by atoms with Gasteiger partial charge in [0.25, 0.3) is 0 Å². The van der Waals surface area contributed by atoms with Crippen LogP contribution in [0.3, 0.4) is 0 Å². The van der Waals surface area contributed by atoms with Crippen LogP contribution in [-0.4, -0.2) is 21.9 Å². The van der Waals surface area contributed by atoms with Gasteiger partial charge in [-0.05, 0) is 36.6 Å². The van der Waals surface area contributed by atoms with Crippen LogP contribution in [0.25, 0.3) is 0 Å². The third kappa shape index (κ3) is 2.91. The number of rotatable bonds is 3. The van der Waals surface area contributed by atoms with E-state index in [1.54, 1.807) is 7.11 Å². The molecule has 6 heteroatoms. The Labute approximate surface area is 146 Å². The summed E-state index contributed by atoms with van der Waals surface area (Å²) in [5.41, 5.74) is 9.45. The van der Waals surface area contributed by atoms with Crippen molar-refractivity contribution < 1.29 is 4.74 Å². The Balaban J connectivity index is 1.75. The third-order valence-corrected chi connectivity index (χ3v) is 4.66. The fourth-order valence-corrected chi connectivity index (χ4v) is 3.34. The van der Waals surface area contributed by atoms with Crippen molar-refractivity contribution in [2.45, 2.75) is 25.4 Å². The van der Waals surface area contributed by atoms with Gasteiger partial charge in [0.1, 0.15) is 5.75 Å². The number of fused-ring (bicyclic) bond motifs is 1. The second kappa shape index (κ2) is 6.12. The summed E-state index contributed by atoms with van der Waals surface area (Å²) >= 11 is 0. The number of nitrogens with one attached hydrogen (secondary N) is 1. The van der Waals surface area contributed by atoms with Crippen LogP contribution in [-0.2, 0) is 0 Å². The van der Waals surface area contributed by atoms with Gasteiger partial charge in [-0.15, -0.1) is 5.10 Å². The van der Waals surface area contributed by atoms with Crippen LogP contribution in [0.15, 0.2) is 48.5 Å². The Morgan fingerprint density at radius 3 is 2.72 bits per heavy atom. The number of nitrogens with zero attached hydrogens (tertiary/aromatic N) is 3. The minimum atomic E-state index is 0.0439. The minimum Gasteiger partial charge on any atom is -0.497 e. The van der Waals surface area contributed by atoms with Crippen LogP contribution in [0.4, 0.5) is 11.9 Å². The van der Waals surface area contributed by atoms with E-state index in [1.807, 2.05) is 22.9 Å². The van der Waals surface area contributed by atoms with Crippen molar-refractivity contribution in [1.82, 2.24) is 14.8 Å². The van der Waals surface area contributed by atoms with Crippen molar-refractivity contribution in [2.75, 3.05) is 18.2 Å². The average molecular weight is 335 g/mol. The first-order valence-corrected chi connectivity index (χ1v) is 8.33. The molecule has 1 aliphatic heterocycles. The number of aryl methyl sites for hydroxylation is 1. The first kappa shape index (κ1) is 15.5. The third-order valence-electron chi connectivity index (χ3n) is 4.66. The molecule has 1 aliphatic rings. The first-order valence-electron chi connectivity index (χ1n) is 8.33. The maximum Gasteiger partial charge on any atom is 0.241 e. The van der Waals surface area contributed by atoms with E-state index in [9.17, 15) is 0 Å². The number of nitrogens with two attached hydrogens (primary N) is 1. The predicted octanol–water partition coefficient (Wildman–Crippen LogP) is 3.32. The molecule has 2 atom stereocenters. The molecule has 0 saturated carbocycles. The lowest BCUT2D eigenvalue weighted by molar-refractivity contribution is 0.407. The van der Waals surface area contributed by atoms with Crippen molar-refractivity contribution in [3.05, 3.63) is 65.2 Å². The van der Waals surface area contributed by atoms with Gasteiger partial charge in [-0.3, -0.25) is 0 Å². The van der Waals surface area contributed by atoms with E-state index < -0.39 is 0 Å². The molecule has 4 rings (SSSR count). The molecule has 6 nitrogen and oxygen atoms in total. The molecule has 0 spiro atoms. The largest absolute Gasteiger partial charge is 0.497 e. The first-order chi connectivity index (χ1) is 12.1. The van der Waals surface area contributed by atoms with Crippen molar-refractivity contribution in [3.63, 3.8) is 0 Å². The Hall–Kier alpha value is -3.02. The monoisotopic (exact) mass is 335 g/mol. The zero-order valence-electron chi connectivity index (χ0n) is 14.3. The highest BCUT2D eigenvalue weighted by Crippen LogP contribution is 2.38. The molecule has 3 aromatic rings. The summed E-state index contributed by atoms with van der Waals surface area (Å²) in [5.74, 6) is 1.81. The summed E-state index contributed by atoms with van der Waals surface area (Å²) in [5, 5.41) is 7.85. The van der Waals surface area contributed by atoms with Crippen LogP contribution in [0.5, 0.6) is 5.75 Å². The molecule has 0 aliphatic carbocycles.